The zero-order valence-corrected chi connectivity index (χ0v) is 11.8. The highest BCUT2D eigenvalue weighted by molar-refractivity contribution is 5.26. The highest BCUT2D eigenvalue weighted by atomic mass is 16.5. The van der Waals surface area contributed by atoms with E-state index in [4.69, 9.17) is 4.74 Å². The standard InChI is InChI=1S/C16H24N2O/c1-2-3-19-15-7-14(17-18-15)16-8-11-4-12(9-16)6-13(5-11)10-16/h7,11-13H,2-6,8-10H2,1H3,(H,17,18). The molecule has 0 spiro atoms. The molecule has 0 radical (unpaired) electrons. The maximum Gasteiger partial charge on any atom is 0.232 e. The van der Waals surface area contributed by atoms with E-state index in [1.807, 2.05) is 0 Å². The average molecular weight is 260 g/mol. The summed E-state index contributed by atoms with van der Waals surface area (Å²) in [6, 6.07) is 2.18. The molecular weight excluding hydrogens is 236 g/mol. The van der Waals surface area contributed by atoms with E-state index in [0.717, 1.165) is 36.7 Å². The number of rotatable bonds is 4. The number of nitrogens with one attached hydrogen (secondary N) is 1. The molecule has 3 heteroatoms. The lowest BCUT2D eigenvalue weighted by Crippen LogP contribution is -2.48. The molecule has 4 fully saturated rings. The van der Waals surface area contributed by atoms with E-state index in [1.54, 1.807) is 0 Å². The Balaban J connectivity index is 1.59. The Kier molecular flexibility index (Phi) is 2.64. The van der Waals surface area contributed by atoms with Gasteiger partial charge in [0.15, 0.2) is 0 Å². The second-order valence-corrected chi connectivity index (χ2v) is 7.17. The summed E-state index contributed by atoms with van der Waals surface area (Å²) in [7, 11) is 0. The zero-order chi connectivity index (χ0) is 12.9. The first-order chi connectivity index (χ1) is 9.27. The quantitative estimate of drug-likeness (QED) is 0.897. The molecule has 4 aliphatic rings. The number of aromatic amines is 1. The lowest BCUT2D eigenvalue weighted by atomic mass is 9.49. The molecule has 3 nitrogen and oxygen atoms in total. The monoisotopic (exact) mass is 260 g/mol. The Hall–Kier alpha value is -0.990. The third-order valence-electron chi connectivity index (χ3n) is 5.62. The molecule has 4 saturated carbocycles. The van der Waals surface area contributed by atoms with Crippen LogP contribution in [0.5, 0.6) is 5.88 Å². The second-order valence-electron chi connectivity index (χ2n) is 7.17. The molecule has 1 aromatic heterocycles. The molecule has 0 unspecified atom stereocenters. The Morgan fingerprint density at radius 3 is 2.42 bits per heavy atom. The lowest BCUT2D eigenvalue weighted by Gasteiger charge is -2.56. The van der Waals surface area contributed by atoms with Crippen molar-refractivity contribution in [2.24, 2.45) is 17.8 Å². The predicted molar refractivity (Wildman–Crippen MR) is 74.2 cm³/mol. The Morgan fingerprint density at radius 2 is 1.84 bits per heavy atom. The summed E-state index contributed by atoms with van der Waals surface area (Å²) in [4.78, 5) is 0. The van der Waals surface area contributed by atoms with Crippen molar-refractivity contribution in [2.45, 2.75) is 57.3 Å². The molecular formula is C16H24N2O. The van der Waals surface area contributed by atoms with Gasteiger partial charge in [-0.25, -0.2) is 0 Å². The van der Waals surface area contributed by atoms with Crippen molar-refractivity contribution in [3.8, 4) is 5.88 Å². The Morgan fingerprint density at radius 1 is 1.21 bits per heavy atom. The van der Waals surface area contributed by atoms with Gasteiger partial charge < -0.3 is 4.74 Å². The van der Waals surface area contributed by atoms with Crippen LogP contribution < -0.4 is 4.74 Å². The van der Waals surface area contributed by atoms with Crippen LogP contribution in [0.2, 0.25) is 0 Å². The van der Waals surface area contributed by atoms with E-state index < -0.39 is 0 Å². The molecule has 1 heterocycles. The Bertz CT molecular complexity index is 430. The molecule has 5 rings (SSSR count). The molecule has 104 valence electrons. The van der Waals surface area contributed by atoms with E-state index in [2.05, 4.69) is 23.2 Å². The lowest BCUT2D eigenvalue weighted by molar-refractivity contribution is -0.00723. The number of hydrogen-bond donors (Lipinski definition) is 1. The zero-order valence-electron chi connectivity index (χ0n) is 11.8. The van der Waals surface area contributed by atoms with Crippen molar-refractivity contribution in [1.29, 1.82) is 0 Å². The number of ether oxygens (including phenoxy) is 1. The van der Waals surface area contributed by atoms with E-state index in [1.165, 1.54) is 44.2 Å². The SMILES string of the molecule is CCCOc1cc(C23CC4CC(CC(C4)C2)C3)[nH]n1. The normalized spacial score (nSPS) is 39.7. The van der Waals surface area contributed by atoms with Crippen molar-refractivity contribution in [2.75, 3.05) is 6.61 Å². The van der Waals surface area contributed by atoms with Crippen LogP contribution in [-0.4, -0.2) is 16.8 Å². The Labute approximate surface area is 115 Å². The first kappa shape index (κ1) is 11.8. The summed E-state index contributed by atoms with van der Waals surface area (Å²) in [5, 5.41) is 7.66. The van der Waals surface area contributed by atoms with Crippen LogP contribution in [-0.2, 0) is 5.41 Å². The minimum atomic E-state index is 0.412. The highest BCUT2D eigenvalue weighted by Crippen LogP contribution is 2.60. The van der Waals surface area contributed by atoms with Gasteiger partial charge in [-0.15, -0.1) is 5.10 Å². The van der Waals surface area contributed by atoms with Crippen molar-refractivity contribution in [3.63, 3.8) is 0 Å². The smallest absolute Gasteiger partial charge is 0.232 e. The third kappa shape index (κ3) is 1.89. The minimum absolute atomic E-state index is 0.412. The highest BCUT2D eigenvalue weighted by Gasteiger charge is 2.52. The first-order valence-corrected chi connectivity index (χ1v) is 7.96. The topological polar surface area (TPSA) is 37.9 Å². The summed E-state index contributed by atoms with van der Waals surface area (Å²) >= 11 is 0. The minimum Gasteiger partial charge on any atom is -0.477 e. The third-order valence-corrected chi connectivity index (χ3v) is 5.62. The van der Waals surface area contributed by atoms with Gasteiger partial charge in [0.05, 0.1) is 6.61 Å². The van der Waals surface area contributed by atoms with E-state index >= 15 is 0 Å². The molecule has 0 amide bonds. The van der Waals surface area contributed by atoms with Crippen LogP contribution in [0, 0.1) is 17.8 Å². The fraction of sp³-hybridized carbons (Fsp3) is 0.812. The van der Waals surface area contributed by atoms with Crippen molar-refractivity contribution in [3.05, 3.63) is 11.8 Å². The second kappa shape index (κ2) is 4.26. The number of H-pyrrole nitrogens is 1. The molecule has 4 bridgehead atoms. The first-order valence-electron chi connectivity index (χ1n) is 7.96. The van der Waals surface area contributed by atoms with E-state index in [-0.39, 0.29) is 0 Å². The van der Waals surface area contributed by atoms with Gasteiger partial charge in [-0.05, 0) is 62.7 Å². The number of nitrogens with zero attached hydrogens (tertiary/aromatic N) is 1. The summed E-state index contributed by atoms with van der Waals surface area (Å²) in [5.41, 5.74) is 1.77. The van der Waals surface area contributed by atoms with Gasteiger partial charge in [0.2, 0.25) is 5.88 Å². The molecule has 0 saturated heterocycles. The van der Waals surface area contributed by atoms with Crippen LogP contribution in [0.3, 0.4) is 0 Å². The van der Waals surface area contributed by atoms with Crippen LogP contribution in [0.1, 0.15) is 57.6 Å². The maximum absolute atomic E-state index is 5.66. The van der Waals surface area contributed by atoms with Crippen LogP contribution in [0.4, 0.5) is 0 Å². The van der Waals surface area contributed by atoms with Gasteiger partial charge >= 0.3 is 0 Å². The largest absolute Gasteiger partial charge is 0.477 e. The summed E-state index contributed by atoms with van der Waals surface area (Å²) in [6.07, 6.45) is 9.67. The van der Waals surface area contributed by atoms with Gasteiger partial charge in [0, 0.05) is 17.2 Å². The van der Waals surface area contributed by atoms with Gasteiger partial charge in [0.1, 0.15) is 0 Å². The molecule has 1 N–H and O–H groups in total. The number of aromatic nitrogens is 2. The molecule has 4 aliphatic carbocycles. The van der Waals surface area contributed by atoms with Crippen molar-refractivity contribution >= 4 is 0 Å². The molecule has 0 atom stereocenters. The fourth-order valence-electron chi connectivity index (χ4n) is 5.30. The van der Waals surface area contributed by atoms with Gasteiger partial charge in [0.25, 0.3) is 0 Å². The van der Waals surface area contributed by atoms with Crippen LogP contribution in [0.25, 0.3) is 0 Å². The maximum atomic E-state index is 5.66. The van der Waals surface area contributed by atoms with Crippen molar-refractivity contribution < 1.29 is 4.74 Å². The number of hydrogen-bond acceptors (Lipinski definition) is 2. The summed E-state index contributed by atoms with van der Waals surface area (Å²) in [6.45, 7) is 2.90. The van der Waals surface area contributed by atoms with Crippen LogP contribution in [0.15, 0.2) is 6.07 Å². The summed E-state index contributed by atoms with van der Waals surface area (Å²) in [5.74, 6) is 3.74. The van der Waals surface area contributed by atoms with E-state index in [0.29, 0.717) is 5.41 Å². The van der Waals surface area contributed by atoms with E-state index in [9.17, 15) is 0 Å². The van der Waals surface area contributed by atoms with Crippen LogP contribution >= 0.6 is 0 Å². The van der Waals surface area contributed by atoms with Gasteiger partial charge in [-0.2, -0.15) is 0 Å². The predicted octanol–water partition coefficient (Wildman–Crippen LogP) is 3.67. The summed E-state index contributed by atoms with van der Waals surface area (Å²) < 4.78 is 5.66. The van der Waals surface area contributed by atoms with Gasteiger partial charge in [-0.1, -0.05) is 6.92 Å². The molecule has 19 heavy (non-hydrogen) atoms. The van der Waals surface area contributed by atoms with Gasteiger partial charge in [-0.3, -0.25) is 5.10 Å². The fourth-order valence-corrected chi connectivity index (χ4v) is 5.30. The average Bonchev–Trinajstić information content (AvgIpc) is 2.84. The van der Waals surface area contributed by atoms with Crippen molar-refractivity contribution in [1.82, 2.24) is 10.2 Å². The molecule has 0 aliphatic heterocycles. The molecule has 1 aromatic rings. The molecule has 0 aromatic carbocycles.